The number of methoxy groups -OCH3 is 1. The molecule has 0 aromatic heterocycles. The number of piperidine rings is 1. The first kappa shape index (κ1) is 24.1. The lowest BCUT2D eigenvalue weighted by Crippen LogP contribution is -2.43. The molecule has 0 spiro atoms. The summed E-state index contributed by atoms with van der Waals surface area (Å²) in [5.74, 6) is 1.59. The van der Waals surface area contributed by atoms with E-state index >= 15 is 0 Å². The number of hydrogen-bond donors (Lipinski definition) is 1. The molecule has 2 N–H and O–H groups in total. The van der Waals surface area contributed by atoms with E-state index in [4.69, 9.17) is 15.2 Å². The van der Waals surface area contributed by atoms with Gasteiger partial charge < -0.3 is 15.2 Å². The molecule has 6 heteroatoms. The number of hydrogen-bond acceptors (Lipinski definition) is 4. The smallest absolute Gasteiger partial charge is 0.161 e. The van der Waals surface area contributed by atoms with Crippen LogP contribution in [0.3, 0.4) is 0 Å². The van der Waals surface area contributed by atoms with Gasteiger partial charge in [-0.2, -0.15) is 0 Å². The Morgan fingerprint density at radius 1 is 1.24 bits per heavy atom. The minimum atomic E-state index is 0. The Labute approximate surface area is 164 Å². The average molecular weight is 391 g/mol. The van der Waals surface area contributed by atoms with Crippen LogP contribution in [0.2, 0.25) is 0 Å². The highest BCUT2D eigenvalue weighted by molar-refractivity contribution is 5.85. The molecule has 1 unspecified atom stereocenters. The second-order valence-electron chi connectivity index (χ2n) is 6.43. The first-order valence-corrected chi connectivity index (χ1v) is 8.51. The maximum Gasteiger partial charge on any atom is 0.161 e. The van der Waals surface area contributed by atoms with Crippen molar-refractivity contribution in [1.82, 2.24) is 4.90 Å². The van der Waals surface area contributed by atoms with Crippen LogP contribution in [0.5, 0.6) is 11.5 Å². The minimum absolute atomic E-state index is 0. The van der Waals surface area contributed by atoms with E-state index in [2.05, 4.69) is 37.0 Å². The van der Waals surface area contributed by atoms with Crippen molar-refractivity contribution in [2.24, 2.45) is 5.73 Å². The van der Waals surface area contributed by atoms with Crippen LogP contribution in [-0.2, 0) is 6.54 Å². The van der Waals surface area contributed by atoms with Crippen molar-refractivity contribution in [3.63, 3.8) is 0 Å². The van der Waals surface area contributed by atoms with E-state index in [0.29, 0.717) is 12.6 Å². The monoisotopic (exact) mass is 390 g/mol. The van der Waals surface area contributed by atoms with Crippen molar-refractivity contribution in [1.29, 1.82) is 0 Å². The summed E-state index contributed by atoms with van der Waals surface area (Å²) < 4.78 is 11.3. The second-order valence-corrected chi connectivity index (χ2v) is 6.43. The first-order valence-electron chi connectivity index (χ1n) is 8.51. The molecule has 0 bridgehead atoms. The number of allylic oxidation sites excluding steroid dienone is 1. The van der Waals surface area contributed by atoms with Crippen molar-refractivity contribution >= 4 is 24.8 Å². The van der Waals surface area contributed by atoms with Gasteiger partial charge in [0.1, 0.15) is 6.61 Å². The molecule has 0 aliphatic carbocycles. The number of ether oxygens (including phenoxy) is 2. The highest BCUT2D eigenvalue weighted by atomic mass is 35.5. The van der Waals surface area contributed by atoms with E-state index in [9.17, 15) is 0 Å². The molecular formula is C19H32Cl2N2O2. The fraction of sp³-hybridized carbons (Fsp3) is 0.579. The molecule has 144 valence electrons. The average Bonchev–Trinajstić information content (AvgIpc) is 2.56. The molecular weight excluding hydrogens is 359 g/mol. The summed E-state index contributed by atoms with van der Waals surface area (Å²) in [5.41, 5.74) is 8.41. The van der Waals surface area contributed by atoms with Gasteiger partial charge in [-0.05, 0) is 57.0 Å². The van der Waals surface area contributed by atoms with Crippen LogP contribution in [0, 0.1) is 0 Å². The van der Waals surface area contributed by atoms with Gasteiger partial charge in [-0.1, -0.05) is 18.1 Å². The molecule has 1 aliphatic heterocycles. The predicted molar refractivity (Wildman–Crippen MR) is 110 cm³/mol. The Hall–Kier alpha value is -0.940. The van der Waals surface area contributed by atoms with Gasteiger partial charge in [-0.3, -0.25) is 4.90 Å². The van der Waals surface area contributed by atoms with Crippen LogP contribution < -0.4 is 15.2 Å². The van der Waals surface area contributed by atoms with Crippen LogP contribution in [0.4, 0.5) is 0 Å². The molecule has 4 nitrogen and oxygen atoms in total. The van der Waals surface area contributed by atoms with Crippen molar-refractivity contribution in [2.45, 2.75) is 45.7 Å². The molecule has 25 heavy (non-hydrogen) atoms. The standard InChI is InChI=1S/C19H30N2O2.2ClH/c1-15(2)9-11-23-18-8-7-16(12-19(18)22-3)14-21-10-5-4-6-17(21)13-20;;/h7-9,12,17H,4-6,10-11,13-14,20H2,1-3H3;2*1H. The molecule has 1 aromatic carbocycles. The maximum absolute atomic E-state index is 5.91. The topological polar surface area (TPSA) is 47.7 Å². The van der Waals surface area contributed by atoms with E-state index in [1.165, 1.54) is 30.4 Å². The normalized spacial score (nSPS) is 17.0. The zero-order valence-electron chi connectivity index (χ0n) is 15.5. The molecule has 2 rings (SSSR count). The summed E-state index contributed by atoms with van der Waals surface area (Å²) in [6.45, 7) is 7.49. The molecule has 1 aliphatic rings. The SMILES string of the molecule is COc1cc(CN2CCCCC2CN)ccc1OCC=C(C)C.Cl.Cl. The number of benzene rings is 1. The number of halogens is 2. The molecule has 0 radical (unpaired) electrons. The van der Waals surface area contributed by atoms with Gasteiger partial charge in [0.25, 0.3) is 0 Å². The van der Waals surface area contributed by atoms with Crippen molar-refractivity contribution < 1.29 is 9.47 Å². The largest absolute Gasteiger partial charge is 0.493 e. The van der Waals surface area contributed by atoms with Gasteiger partial charge in [0, 0.05) is 19.1 Å². The lowest BCUT2D eigenvalue weighted by molar-refractivity contribution is 0.144. The van der Waals surface area contributed by atoms with E-state index in [-0.39, 0.29) is 24.8 Å². The van der Waals surface area contributed by atoms with Gasteiger partial charge >= 0.3 is 0 Å². The minimum Gasteiger partial charge on any atom is -0.493 e. The van der Waals surface area contributed by atoms with Crippen molar-refractivity contribution in [3.8, 4) is 11.5 Å². The number of nitrogens with zero attached hydrogens (tertiary/aromatic N) is 1. The Morgan fingerprint density at radius 2 is 2.00 bits per heavy atom. The summed E-state index contributed by atoms with van der Waals surface area (Å²) in [5, 5.41) is 0. The summed E-state index contributed by atoms with van der Waals surface area (Å²) in [6.07, 6.45) is 5.82. The van der Waals surface area contributed by atoms with Crippen LogP contribution >= 0.6 is 24.8 Å². The molecule has 1 saturated heterocycles. The fourth-order valence-electron chi connectivity index (χ4n) is 3.00. The third-order valence-electron chi connectivity index (χ3n) is 4.37. The highest BCUT2D eigenvalue weighted by Crippen LogP contribution is 2.29. The number of likely N-dealkylation sites (tertiary alicyclic amines) is 1. The third kappa shape index (κ3) is 7.45. The first-order chi connectivity index (χ1) is 11.1. The number of rotatable bonds is 7. The molecule has 1 atom stereocenters. The zero-order valence-corrected chi connectivity index (χ0v) is 17.1. The van der Waals surface area contributed by atoms with Gasteiger partial charge in [0.15, 0.2) is 11.5 Å². The summed E-state index contributed by atoms with van der Waals surface area (Å²) in [6, 6.07) is 6.72. The fourth-order valence-corrected chi connectivity index (χ4v) is 3.00. The Kier molecular flexibility index (Phi) is 12.0. The van der Waals surface area contributed by atoms with E-state index in [1.54, 1.807) is 7.11 Å². The zero-order chi connectivity index (χ0) is 16.7. The van der Waals surface area contributed by atoms with Crippen LogP contribution in [0.1, 0.15) is 38.7 Å². The summed E-state index contributed by atoms with van der Waals surface area (Å²) in [7, 11) is 1.69. The van der Waals surface area contributed by atoms with Crippen molar-refractivity contribution in [3.05, 3.63) is 35.4 Å². The number of nitrogens with two attached hydrogens (primary N) is 1. The molecule has 1 aromatic rings. The molecule has 0 amide bonds. The Bertz CT molecular complexity index is 534. The Balaban J connectivity index is 0.00000288. The van der Waals surface area contributed by atoms with Gasteiger partial charge in [-0.15, -0.1) is 24.8 Å². The lowest BCUT2D eigenvalue weighted by Gasteiger charge is -2.35. The van der Waals surface area contributed by atoms with Gasteiger partial charge in [-0.25, -0.2) is 0 Å². The summed E-state index contributed by atoms with van der Waals surface area (Å²) in [4.78, 5) is 2.49. The van der Waals surface area contributed by atoms with Gasteiger partial charge in [0.2, 0.25) is 0 Å². The predicted octanol–water partition coefficient (Wildman–Crippen LogP) is 4.20. The second kappa shape index (κ2) is 12.4. The van der Waals surface area contributed by atoms with Crippen LogP contribution in [-0.4, -0.2) is 37.7 Å². The molecule has 0 saturated carbocycles. The highest BCUT2D eigenvalue weighted by Gasteiger charge is 2.21. The van der Waals surface area contributed by atoms with E-state index in [0.717, 1.165) is 31.1 Å². The van der Waals surface area contributed by atoms with Crippen LogP contribution in [0.25, 0.3) is 0 Å². The lowest BCUT2D eigenvalue weighted by atomic mass is 10.0. The van der Waals surface area contributed by atoms with Crippen molar-refractivity contribution in [2.75, 3.05) is 26.8 Å². The van der Waals surface area contributed by atoms with E-state index < -0.39 is 0 Å². The third-order valence-corrected chi connectivity index (χ3v) is 4.37. The van der Waals surface area contributed by atoms with E-state index in [1.807, 2.05) is 6.07 Å². The quantitative estimate of drug-likeness (QED) is 0.708. The Morgan fingerprint density at radius 3 is 2.64 bits per heavy atom. The maximum atomic E-state index is 5.91. The van der Waals surface area contributed by atoms with Gasteiger partial charge in [0.05, 0.1) is 7.11 Å². The molecule has 1 heterocycles. The summed E-state index contributed by atoms with van der Waals surface area (Å²) >= 11 is 0. The molecule has 1 fully saturated rings. The van der Waals surface area contributed by atoms with Crippen LogP contribution in [0.15, 0.2) is 29.8 Å².